The van der Waals surface area contributed by atoms with Gasteiger partial charge in [0.05, 0.1) is 16.6 Å². The van der Waals surface area contributed by atoms with Crippen LogP contribution in [0.15, 0.2) is 36.5 Å². The molecule has 2 heterocycles. The molecule has 1 saturated heterocycles. The van der Waals surface area contributed by atoms with Crippen LogP contribution in [0.4, 0.5) is 5.69 Å². The Balaban J connectivity index is 1.38. The van der Waals surface area contributed by atoms with Gasteiger partial charge < -0.3 is 9.80 Å². The SMILES string of the molecule is O=C1c2cnn(CC(=O)N3CCN(c4ccccc4)CC3)c2CCC1Br. The van der Waals surface area contributed by atoms with Crippen LogP contribution in [0.25, 0.3) is 0 Å². The van der Waals surface area contributed by atoms with Crippen molar-refractivity contribution in [3.63, 3.8) is 0 Å². The molecule has 1 amide bonds. The highest BCUT2D eigenvalue weighted by Gasteiger charge is 2.30. The molecule has 0 radical (unpaired) electrons. The summed E-state index contributed by atoms with van der Waals surface area (Å²) < 4.78 is 1.71. The molecule has 1 fully saturated rings. The molecule has 1 unspecified atom stereocenters. The molecule has 136 valence electrons. The molecule has 2 aliphatic rings. The zero-order valence-corrected chi connectivity index (χ0v) is 16.1. The highest BCUT2D eigenvalue weighted by molar-refractivity contribution is 9.10. The van der Waals surface area contributed by atoms with Crippen molar-refractivity contribution in [3.8, 4) is 0 Å². The van der Waals surface area contributed by atoms with E-state index in [2.05, 4.69) is 38.1 Å². The van der Waals surface area contributed by atoms with Crippen molar-refractivity contribution >= 4 is 33.3 Å². The molecule has 26 heavy (non-hydrogen) atoms. The van der Waals surface area contributed by atoms with E-state index in [-0.39, 0.29) is 23.1 Å². The number of piperazine rings is 1. The summed E-state index contributed by atoms with van der Waals surface area (Å²) in [6, 6.07) is 10.3. The van der Waals surface area contributed by atoms with E-state index < -0.39 is 0 Å². The number of benzene rings is 1. The monoisotopic (exact) mass is 416 g/mol. The molecule has 1 aromatic carbocycles. The third-order valence-corrected chi connectivity index (χ3v) is 6.05. The third-order valence-electron chi connectivity index (χ3n) is 5.17. The van der Waals surface area contributed by atoms with E-state index >= 15 is 0 Å². The fraction of sp³-hybridized carbons (Fsp3) is 0.421. The average Bonchev–Trinajstić information content (AvgIpc) is 3.09. The van der Waals surface area contributed by atoms with Gasteiger partial charge in [-0.1, -0.05) is 34.1 Å². The summed E-state index contributed by atoms with van der Waals surface area (Å²) in [6.07, 6.45) is 3.12. The number of aromatic nitrogens is 2. The smallest absolute Gasteiger partial charge is 0.244 e. The van der Waals surface area contributed by atoms with Gasteiger partial charge in [0.15, 0.2) is 5.78 Å². The highest BCUT2D eigenvalue weighted by Crippen LogP contribution is 2.25. The quantitative estimate of drug-likeness (QED) is 0.719. The number of anilines is 1. The maximum Gasteiger partial charge on any atom is 0.244 e. The van der Waals surface area contributed by atoms with Gasteiger partial charge in [-0.2, -0.15) is 5.10 Å². The van der Waals surface area contributed by atoms with Gasteiger partial charge in [-0.3, -0.25) is 14.3 Å². The maximum atomic E-state index is 12.7. The largest absolute Gasteiger partial charge is 0.368 e. The number of carbonyl (C=O) groups excluding carboxylic acids is 2. The molecule has 4 rings (SSSR count). The van der Waals surface area contributed by atoms with Crippen LogP contribution in [0.3, 0.4) is 0 Å². The Kier molecular flexibility index (Phi) is 4.80. The third kappa shape index (κ3) is 3.28. The van der Waals surface area contributed by atoms with Crippen LogP contribution in [0, 0.1) is 0 Å². The van der Waals surface area contributed by atoms with Gasteiger partial charge in [0.1, 0.15) is 6.54 Å². The summed E-state index contributed by atoms with van der Waals surface area (Å²) in [5, 5.41) is 4.30. The number of amides is 1. The molecule has 0 bridgehead atoms. The summed E-state index contributed by atoms with van der Waals surface area (Å²) in [5.74, 6) is 0.137. The standard InChI is InChI=1S/C19H21BrN4O2/c20-16-6-7-17-15(19(16)26)12-21-24(17)13-18(25)23-10-8-22(9-11-23)14-4-2-1-3-5-14/h1-5,12,16H,6-11,13H2. The fourth-order valence-corrected chi connectivity index (χ4v) is 4.14. The first-order chi connectivity index (χ1) is 12.6. The van der Waals surface area contributed by atoms with E-state index in [1.165, 1.54) is 5.69 Å². The summed E-state index contributed by atoms with van der Waals surface area (Å²) >= 11 is 3.40. The van der Waals surface area contributed by atoms with Gasteiger partial charge in [0.2, 0.25) is 5.91 Å². The molecule has 7 heteroatoms. The van der Waals surface area contributed by atoms with E-state index in [1.807, 2.05) is 23.1 Å². The fourth-order valence-electron chi connectivity index (χ4n) is 3.66. The minimum absolute atomic E-state index is 0.0667. The lowest BCUT2D eigenvalue weighted by atomic mass is 9.97. The van der Waals surface area contributed by atoms with E-state index in [0.29, 0.717) is 18.7 Å². The van der Waals surface area contributed by atoms with Crippen molar-refractivity contribution in [3.05, 3.63) is 47.8 Å². The second-order valence-electron chi connectivity index (χ2n) is 6.74. The summed E-state index contributed by atoms with van der Waals surface area (Å²) in [6.45, 7) is 3.29. The normalized spacial score (nSPS) is 20.2. The van der Waals surface area contributed by atoms with Crippen molar-refractivity contribution in [1.82, 2.24) is 14.7 Å². The van der Waals surface area contributed by atoms with Gasteiger partial charge >= 0.3 is 0 Å². The maximum absolute atomic E-state index is 12.7. The number of alkyl halides is 1. The molecule has 0 spiro atoms. The van der Waals surface area contributed by atoms with Gasteiger partial charge in [-0.25, -0.2) is 0 Å². The Morgan fingerprint density at radius 2 is 1.88 bits per heavy atom. The van der Waals surface area contributed by atoms with Crippen LogP contribution in [-0.2, 0) is 17.8 Å². The molecule has 0 N–H and O–H groups in total. The zero-order chi connectivity index (χ0) is 18.1. The minimum Gasteiger partial charge on any atom is -0.368 e. The van der Waals surface area contributed by atoms with Crippen molar-refractivity contribution in [2.45, 2.75) is 24.2 Å². The van der Waals surface area contributed by atoms with Gasteiger partial charge in [0.25, 0.3) is 0 Å². The Hall–Kier alpha value is -2.15. The molecule has 1 atom stereocenters. The molecule has 6 nitrogen and oxygen atoms in total. The summed E-state index contributed by atoms with van der Waals surface area (Å²) in [5.41, 5.74) is 2.74. The molecule has 0 saturated carbocycles. The number of halogens is 1. The van der Waals surface area contributed by atoms with Crippen LogP contribution in [-0.4, -0.2) is 57.4 Å². The number of carbonyl (C=O) groups is 2. The van der Waals surface area contributed by atoms with E-state index in [0.717, 1.165) is 31.6 Å². The first-order valence-electron chi connectivity index (χ1n) is 8.94. The van der Waals surface area contributed by atoms with Crippen molar-refractivity contribution < 1.29 is 9.59 Å². The highest BCUT2D eigenvalue weighted by atomic mass is 79.9. The average molecular weight is 417 g/mol. The van der Waals surface area contributed by atoms with Crippen LogP contribution in [0.1, 0.15) is 22.5 Å². The number of ketones is 1. The Bertz CT molecular complexity index is 812. The summed E-state index contributed by atoms with van der Waals surface area (Å²) in [7, 11) is 0. The van der Waals surface area contributed by atoms with E-state index in [4.69, 9.17) is 0 Å². The first kappa shape index (κ1) is 17.3. The molecule has 1 aromatic heterocycles. The topological polar surface area (TPSA) is 58.4 Å². The number of rotatable bonds is 3. The second kappa shape index (κ2) is 7.23. The van der Waals surface area contributed by atoms with Crippen molar-refractivity contribution in [1.29, 1.82) is 0 Å². The van der Waals surface area contributed by atoms with Crippen molar-refractivity contribution in [2.24, 2.45) is 0 Å². The van der Waals surface area contributed by atoms with Gasteiger partial charge in [-0.05, 0) is 25.0 Å². The second-order valence-corrected chi connectivity index (χ2v) is 7.84. The number of hydrogen-bond donors (Lipinski definition) is 0. The molecule has 1 aliphatic carbocycles. The Morgan fingerprint density at radius 1 is 1.15 bits per heavy atom. The molecular weight excluding hydrogens is 396 g/mol. The van der Waals surface area contributed by atoms with Gasteiger partial charge in [-0.15, -0.1) is 0 Å². The number of para-hydroxylation sites is 1. The predicted octanol–water partition coefficient (Wildman–Crippen LogP) is 2.12. The number of nitrogens with zero attached hydrogens (tertiary/aromatic N) is 4. The lowest BCUT2D eigenvalue weighted by Gasteiger charge is -2.36. The predicted molar refractivity (Wildman–Crippen MR) is 103 cm³/mol. The lowest BCUT2D eigenvalue weighted by molar-refractivity contribution is -0.132. The van der Waals surface area contributed by atoms with E-state index in [9.17, 15) is 9.59 Å². The van der Waals surface area contributed by atoms with Crippen LogP contribution >= 0.6 is 15.9 Å². The summed E-state index contributed by atoms with van der Waals surface area (Å²) in [4.78, 5) is 28.9. The van der Waals surface area contributed by atoms with Crippen LogP contribution in [0.5, 0.6) is 0 Å². The number of hydrogen-bond acceptors (Lipinski definition) is 4. The minimum atomic E-state index is -0.130. The molecular formula is C19H21BrN4O2. The Labute approximate surface area is 160 Å². The number of fused-ring (bicyclic) bond motifs is 1. The van der Waals surface area contributed by atoms with Crippen LogP contribution in [0.2, 0.25) is 0 Å². The lowest BCUT2D eigenvalue weighted by Crippen LogP contribution is -2.49. The Morgan fingerprint density at radius 3 is 2.62 bits per heavy atom. The van der Waals surface area contributed by atoms with Gasteiger partial charge in [0, 0.05) is 37.6 Å². The zero-order valence-electron chi connectivity index (χ0n) is 14.5. The van der Waals surface area contributed by atoms with Crippen LogP contribution < -0.4 is 4.90 Å². The van der Waals surface area contributed by atoms with E-state index in [1.54, 1.807) is 10.9 Å². The van der Waals surface area contributed by atoms with Crippen molar-refractivity contribution in [2.75, 3.05) is 31.1 Å². The molecule has 2 aromatic rings. The number of Topliss-reactive ketones (excluding diaryl/α,β-unsaturated/α-hetero) is 1. The first-order valence-corrected chi connectivity index (χ1v) is 9.86. The molecule has 1 aliphatic heterocycles.